The largest absolute Gasteiger partial charge is 0.480 e. The number of carboxylic acid groups (broad SMARTS) is 1. The number of benzene rings is 1. The second-order valence-corrected chi connectivity index (χ2v) is 7.93. The molecule has 0 radical (unpaired) electrons. The summed E-state index contributed by atoms with van der Waals surface area (Å²) in [4.78, 5) is 51.1. The van der Waals surface area contributed by atoms with E-state index in [-0.39, 0.29) is 25.2 Å². The Morgan fingerprint density at radius 1 is 1.06 bits per heavy atom. The van der Waals surface area contributed by atoms with Crippen LogP contribution in [0.15, 0.2) is 30.5 Å². The molecule has 1 heterocycles. The van der Waals surface area contributed by atoms with E-state index in [0.717, 1.165) is 16.5 Å². The summed E-state index contributed by atoms with van der Waals surface area (Å²) in [5.41, 5.74) is 12.4. The Balaban J connectivity index is 2.25. The fourth-order valence-electron chi connectivity index (χ4n) is 3.28. The lowest BCUT2D eigenvalue weighted by Crippen LogP contribution is -2.55. The maximum Gasteiger partial charge on any atom is 0.326 e. The Morgan fingerprint density at radius 2 is 1.71 bits per heavy atom. The van der Waals surface area contributed by atoms with E-state index in [9.17, 15) is 24.3 Å². The van der Waals surface area contributed by atoms with Crippen molar-refractivity contribution < 1.29 is 24.3 Å². The lowest BCUT2D eigenvalue weighted by atomic mass is 10.0. The number of fused-ring (bicyclic) bond motifs is 1. The summed E-state index contributed by atoms with van der Waals surface area (Å²) in [6, 6.07) is 4.03. The minimum atomic E-state index is -1.22. The van der Waals surface area contributed by atoms with Crippen LogP contribution in [0.4, 0.5) is 0 Å². The van der Waals surface area contributed by atoms with E-state index >= 15 is 0 Å². The molecular formula is C21H29N5O5. The van der Waals surface area contributed by atoms with Gasteiger partial charge in [-0.1, -0.05) is 32.0 Å². The van der Waals surface area contributed by atoms with Crippen LogP contribution >= 0.6 is 0 Å². The number of para-hydroxylation sites is 1. The third kappa shape index (κ3) is 6.82. The number of rotatable bonds is 11. The second-order valence-electron chi connectivity index (χ2n) is 7.93. The molecule has 0 spiro atoms. The van der Waals surface area contributed by atoms with Gasteiger partial charge in [0.2, 0.25) is 17.7 Å². The minimum absolute atomic E-state index is 0.0343. The molecule has 2 aromatic rings. The molecule has 1 aromatic heterocycles. The number of amides is 3. The van der Waals surface area contributed by atoms with Gasteiger partial charge in [0, 0.05) is 23.5 Å². The van der Waals surface area contributed by atoms with Crippen molar-refractivity contribution in [3.8, 4) is 0 Å². The Morgan fingerprint density at radius 3 is 2.32 bits per heavy atom. The van der Waals surface area contributed by atoms with Gasteiger partial charge >= 0.3 is 5.97 Å². The number of hydrogen-bond donors (Lipinski definition) is 6. The van der Waals surface area contributed by atoms with Crippen molar-refractivity contribution in [3.63, 3.8) is 0 Å². The van der Waals surface area contributed by atoms with Gasteiger partial charge in [-0.3, -0.25) is 14.4 Å². The van der Waals surface area contributed by atoms with Gasteiger partial charge in [0.1, 0.15) is 12.1 Å². The molecule has 2 rings (SSSR count). The molecule has 0 saturated carbocycles. The summed E-state index contributed by atoms with van der Waals surface area (Å²) < 4.78 is 0. The number of carboxylic acids is 1. The van der Waals surface area contributed by atoms with Crippen LogP contribution < -0.4 is 22.1 Å². The number of aliphatic carboxylic acids is 1. The molecule has 1 aromatic carbocycles. The SMILES string of the molecule is CC(C)C[C@H](NC(=O)[C@H](Cc1c[nH]c2ccccc12)NC(=O)[C@@H](N)CC(N)=O)C(=O)O. The molecule has 10 heteroatoms. The van der Waals surface area contributed by atoms with Crippen LogP contribution in [-0.2, 0) is 25.6 Å². The molecule has 0 unspecified atom stereocenters. The molecule has 0 fully saturated rings. The van der Waals surface area contributed by atoms with Crippen LogP contribution in [0.3, 0.4) is 0 Å². The van der Waals surface area contributed by atoms with Crippen LogP contribution in [0.2, 0.25) is 0 Å². The highest BCUT2D eigenvalue weighted by Crippen LogP contribution is 2.19. The average molecular weight is 431 g/mol. The molecule has 0 aliphatic carbocycles. The van der Waals surface area contributed by atoms with E-state index in [0.29, 0.717) is 0 Å². The summed E-state index contributed by atoms with van der Waals surface area (Å²) in [5, 5.41) is 15.3. The van der Waals surface area contributed by atoms with E-state index < -0.39 is 41.8 Å². The van der Waals surface area contributed by atoms with Gasteiger partial charge in [-0.25, -0.2) is 4.79 Å². The van der Waals surface area contributed by atoms with Gasteiger partial charge < -0.3 is 32.2 Å². The smallest absolute Gasteiger partial charge is 0.326 e. The van der Waals surface area contributed by atoms with Gasteiger partial charge in [0.25, 0.3) is 0 Å². The highest BCUT2D eigenvalue weighted by atomic mass is 16.4. The van der Waals surface area contributed by atoms with Crippen molar-refractivity contribution in [1.82, 2.24) is 15.6 Å². The third-order valence-corrected chi connectivity index (χ3v) is 4.81. The van der Waals surface area contributed by atoms with Crippen molar-refractivity contribution in [2.24, 2.45) is 17.4 Å². The van der Waals surface area contributed by atoms with E-state index in [2.05, 4.69) is 15.6 Å². The summed E-state index contributed by atoms with van der Waals surface area (Å²) >= 11 is 0. The molecule has 168 valence electrons. The van der Waals surface area contributed by atoms with E-state index in [4.69, 9.17) is 11.5 Å². The zero-order valence-electron chi connectivity index (χ0n) is 17.6. The van der Waals surface area contributed by atoms with Crippen LogP contribution in [0, 0.1) is 5.92 Å². The van der Waals surface area contributed by atoms with Crippen LogP contribution in [0.1, 0.15) is 32.3 Å². The highest BCUT2D eigenvalue weighted by Gasteiger charge is 2.29. The van der Waals surface area contributed by atoms with Crippen molar-refractivity contribution >= 4 is 34.6 Å². The Bertz CT molecular complexity index is 955. The van der Waals surface area contributed by atoms with Crippen LogP contribution in [0.25, 0.3) is 10.9 Å². The lowest BCUT2D eigenvalue weighted by Gasteiger charge is -2.23. The molecule has 3 atom stereocenters. The topological polar surface area (TPSA) is 180 Å². The Hall–Kier alpha value is -3.40. The predicted molar refractivity (Wildman–Crippen MR) is 115 cm³/mol. The number of aromatic amines is 1. The number of hydrogen-bond acceptors (Lipinski definition) is 5. The van der Waals surface area contributed by atoms with Gasteiger partial charge in [0.15, 0.2) is 0 Å². The standard InChI is InChI=1S/C21H29N5O5/c1-11(2)7-17(21(30)31)26-20(29)16(25-19(28)14(22)9-18(23)27)8-12-10-24-15-6-4-3-5-13(12)15/h3-6,10-11,14,16-17,24H,7-9,22H2,1-2H3,(H2,23,27)(H,25,28)(H,26,29)(H,30,31)/t14-,16-,17-/m0/s1. The minimum Gasteiger partial charge on any atom is -0.480 e. The number of carbonyl (C=O) groups excluding carboxylic acids is 3. The van der Waals surface area contributed by atoms with Crippen molar-refractivity contribution in [2.75, 3.05) is 0 Å². The molecule has 0 saturated heterocycles. The maximum absolute atomic E-state index is 13.0. The highest BCUT2D eigenvalue weighted by molar-refractivity contribution is 5.94. The number of carbonyl (C=O) groups is 4. The van der Waals surface area contributed by atoms with E-state index in [1.807, 2.05) is 38.1 Å². The van der Waals surface area contributed by atoms with Gasteiger partial charge in [0.05, 0.1) is 12.5 Å². The first-order chi connectivity index (χ1) is 14.6. The summed E-state index contributed by atoms with van der Waals surface area (Å²) in [7, 11) is 0. The zero-order chi connectivity index (χ0) is 23.1. The number of primary amides is 1. The van der Waals surface area contributed by atoms with E-state index in [1.165, 1.54) is 0 Å². The normalized spacial score (nSPS) is 14.1. The first-order valence-electron chi connectivity index (χ1n) is 10.0. The fraction of sp³-hybridized carbons (Fsp3) is 0.429. The summed E-state index contributed by atoms with van der Waals surface area (Å²) in [6.07, 6.45) is 1.68. The molecule has 3 amide bonds. The monoisotopic (exact) mass is 431 g/mol. The molecule has 31 heavy (non-hydrogen) atoms. The Kier molecular flexibility index (Phi) is 8.14. The third-order valence-electron chi connectivity index (χ3n) is 4.81. The zero-order valence-corrected chi connectivity index (χ0v) is 17.6. The molecular weight excluding hydrogens is 402 g/mol. The average Bonchev–Trinajstić information content (AvgIpc) is 3.08. The molecule has 0 bridgehead atoms. The first kappa shape index (κ1) is 23.9. The van der Waals surface area contributed by atoms with Gasteiger partial charge in [-0.05, 0) is 24.0 Å². The quantitative estimate of drug-likeness (QED) is 0.291. The first-order valence-corrected chi connectivity index (χ1v) is 10.0. The predicted octanol–water partition coefficient (Wildman–Crippen LogP) is 0.0134. The summed E-state index contributed by atoms with van der Waals surface area (Å²) in [6.45, 7) is 3.69. The molecule has 0 aliphatic heterocycles. The van der Waals surface area contributed by atoms with Gasteiger partial charge in [-0.15, -0.1) is 0 Å². The molecule has 8 N–H and O–H groups in total. The Labute approximate surface area is 179 Å². The van der Waals surface area contributed by atoms with Crippen molar-refractivity contribution in [2.45, 2.75) is 51.2 Å². The fourth-order valence-corrected chi connectivity index (χ4v) is 3.28. The van der Waals surface area contributed by atoms with Crippen molar-refractivity contribution in [3.05, 3.63) is 36.0 Å². The lowest BCUT2D eigenvalue weighted by molar-refractivity contribution is -0.142. The maximum atomic E-state index is 13.0. The number of nitrogens with one attached hydrogen (secondary N) is 3. The number of nitrogens with two attached hydrogens (primary N) is 2. The molecule has 0 aliphatic rings. The number of H-pyrrole nitrogens is 1. The van der Waals surface area contributed by atoms with Gasteiger partial charge in [-0.2, -0.15) is 0 Å². The van der Waals surface area contributed by atoms with Crippen molar-refractivity contribution in [1.29, 1.82) is 0 Å². The summed E-state index contributed by atoms with van der Waals surface area (Å²) in [5.74, 6) is -3.26. The van der Waals surface area contributed by atoms with Crippen LogP contribution in [0.5, 0.6) is 0 Å². The van der Waals surface area contributed by atoms with Crippen LogP contribution in [-0.4, -0.2) is 51.9 Å². The second kappa shape index (κ2) is 10.6. The molecule has 10 nitrogen and oxygen atoms in total. The number of aromatic nitrogens is 1. The van der Waals surface area contributed by atoms with E-state index in [1.54, 1.807) is 6.20 Å².